The molecule has 0 radical (unpaired) electrons. The van der Waals surface area contributed by atoms with Crippen molar-refractivity contribution in [1.82, 2.24) is 15.5 Å². The van der Waals surface area contributed by atoms with Crippen LogP contribution in [-0.2, 0) is 22.6 Å². The number of carbonyl (C=O) groups is 1. The molecule has 1 aromatic rings. The molecule has 1 heterocycles. The van der Waals surface area contributed by atoms with E-state index >= 15 is 0 Å². The van der Waals surface area contributed by atoms with E-state index in [0.717, 1.165) is 38.6 Å². The number of aliphatic imine (C=N–C) groups is 1. The lowest BCUT2D eigenvalue weighted by atomic mass is 10.1. The molecule has 0 bridgehead atoms. The summed E-state index contributed by atoms with van der Waals surface area (Å²) in [6.07, 6.45) is 9.47. The van der Waals surface area contributed by atoms with E-state index in [-0.39, 0.29) is 29.9 Å². The van der Waals surface area contributed by atoms with Gasteiger partial charge in [-0.25, -0.2) is 0 Å². The number of hydrogen-bond acceptors (Lipinski definition) is 3. The zero-order valence-electron chi connectivity index (χ0n) is 18.2. The lowest BCUT2D eigenvalue weighted by Crippen LogP contribution is -2.40. The maximum absolute atomic E-state index is 12.4. The van der Waals surface area contributed by atoms with E-state index in [2.05, 4.69) is 27.8 Å². The van der Waals surface area contributed by atoms with Crippen molar-refractivity contribution in [3.05, 3.63) is 35.4 Å². The van der Waals surface area contributed by atoms with Gasteiger partial charge in [0.2, 0.25) is 5.91 Å². The number of carbonyl (C=O) groups excluding carboxylic acids is 1. The van der Waals surface area contributed by atoms with Crippen LogP contribution in [0.2, 0.25) is 0 Å². The zero-order valence-corrected chi connectivity index (χ0v) is 20.5. The summed E-state index contributed by atoms with van der Waals surface area (Å²) in [5.41, 5.74) is 2.55. The third kappa shape index (κ3) is 8.06. The van der Waals surface area contributed by atoms with E-state index in [1.54, 1.807) is 7.05 Å². The van der Waals surface area contributed by atoms with Gasteiger partial charge >= 0.3 is 0 Å². The number of benzene rings is 1. The van der Waals surface area contributed by atoms with E-state index in [9.17, 15) is 4.79 Å². The molecule has 0 aromatic heterocycles. The van der Waals surface area contributed by atoms with Crippen molar-refractivity contribution in [1.29, 1.82) is 0 Å². The highest BCUT2D eigenvalue weighted by atomic mass is 127. The minimum Gasteiger partial charge on any atom is -0.376 e. The summed E-state index contributed by atoms with van der Waals surface area (Å²) in [6, 6.07) is 8.30. The van der Waals surface area contributed by atoms with Crippen LogP contribution in [0, 0.1) is 0 Å². The van der Waals surface area contributed by atoms with Crippen molar-refractivity contribution in [2.75, 3.05) is 26.7 Å². The van der Waals surface area contributed by atoms with E-state index in [4.69, 9.17) is 4.74 Å². The van der Waals surface area contributed by atoms with Crippen molar-refractivity contribution in [3.63, 3.8) is 0 Å². The predicted molar refractivity (Wildman–Crippen MR) is 132 cm³/mol. The topological polar surface area (TPSA) is 66.0 Å². The van der Waals surface area contributed by atoms with Gasteiger partial charge in [0, 0.05) is 39.6 Å². The van der Waals surface area contributed by atoms with E-state index in [0.29, 0.717) is 19.1 Å². The number of halogens is 1. The van der Waals surface area contributed by atoms with Crippen LogP contribution >= 0.6 is 24.0 Å². The fourth-order valence-corrected chi connectivity index (χ4v) is 4.14. The molecule has 30 heavy (non-hydrogen) atoms. The van der Waals surface area contributed by atoms with Crippen LogP contribution in [0.3, 0.4) is 0 Å². The highest BCUT2D eigenvalue weighted by molar-refractivity contribution is 14.0. The van der Waals surface area contributed by atoms with E-state index < -0.39 is 0 Å². The second-order valence-corrected chi connectivity index (χ2v) is 8.03. The smallest absolute Gasteiger partial charge is 0.223 e. The number of nitrogens with one attached hydrogen (secondary N) is 2. The maximum Gasteiger partial charge on any atom is 0.223 e. The number of amides is 1. The number of hydrogen-bond donors (Lipinski definition) is 2. The van der Waals surface area contributed by atoms with Gasteiger partial charge in [-0.3, -0.25) is 9.79 Å². The number of ether oxygens (including phenoxy) is 1. The Labute approximate surface area is 198 Å². The summed E-state index contributed by atoms with van der Waals surface area (Å²) in [5.74, 6) is 0.998. The lowest BCUT2D eigenvalue weighted by molar-refractivity contribution is -0.131. The average molecular weight is 528 g/mol. The zero-order chi connectivity index (χ0) is 20.3. The number of guanidine groups is 1. The molecule has 1 aliphatic heterocycles. The number of rotatable bonds is 8. The molecule has 7 heteroatoms. The monoisotopic (exact) mass is 528 g/mol. The van der Waals surface area contributed by atoms with E-state index in [1.165, 1.54) is 49.7 Å². The lowest BCUT2D eigenvalue weighted by Gasteiger charge is -2.17. The second kappa shape index (κ2) is 13.9. The molecule has 1 saturated carbocycles. The Bertz CT molecular complexity index is 650. The summed E-state index contributed by atoms with van der Waals surface area (Å²) >= 11 is 0. The van der Waals surface area contributed by atoms with Crippen LogP contribution in [0.1, 0.15) is 62.5 Å². The Kier molecular flexibility index (Phi) is 11.5. The van der Waals surface area contributed by atoms with Crippen LogP contribution in [0.5, 0.6) is 0 Å². The first-order valence-corrected chi connectivity index (χ1v) is 11.2. The fourth-order valence-electron chi connectivity index (χ4n) is 4.14. The Morgan fingerprint density at radius 3 is 2.33 bits per heavy atom. The van der Waals surface area contributed by atoms with Crippen molar-refractivity contribution in [2.45, 2.75) is 70.6 Å². The minimum absolute atomic E-state index is 0. The van der Waals surface area contributed by atoms with Gasteiger partial charge in [-0.05, 0) is 30.4 Å². The highest BCUT2D eigenvalue weighted by Gasteiger charge is 2.22. The minimum atomic E-state index is 0. The standard InChI is InChI=1S/C23H36N4O2.HI/c1-24-23(26-15-16-29-21-11-4-2-3-5-12-21)25-14-8-13-22(28)27-17-19-9-6-7-10-20(19)18-27;/h6-7,9-10,21H,2-5,8,11-18H2,1H3,(H2,24,25,26);1H. The molecule has 0 saturated heterocycles. The molecule has 0 unspecified atom stereocenters. The Hall–Kier alpha value is -1.35. The molecule has 6 nitrogen and oxygen atoms in total. The van der Waals surface area contributed by atoms with E-state index in [1.807, 2.05) is 17.0 Å². The summed E-state index contributed by atoms with van der Waals surface area (Å²) in [6.45, 7) is 3.68. The first kappa shape index (κ1) is 24.9. The second-order valence-electron chi connectivity index (χ2n) is 8.03. The quantitative estimate of drug-likeness (QED) is 0.177. The number of nitrogens with zero attached hydrogens (tertiary/aromatic N) is 2. The third-order valence-electron chi connectivity index (χ3n) is 5.83. The summed E-state index contributed by atoms with van der Waals surface area (Å²) in [4.78, 5) is 18.6. The molecule has 0 atom stereocenters. The van der Waals surface area contributed by atoms with Gasteiger partial charge in [-0.1, -0.05) is 49.9 Å². The molecular formula is C23H37IN4O2. The molecular weight excluding hydrogens is 491 g/mol. The van der Waals surface area contributed by atoms with Crippen LogP contribution in [-0.4, -0.2) is 49.6 Å². The SMILES string of the molecule is CN=C(NCCCC(=O)N1Cc2ccccc2C1)NCCOC1CCCCCC1.I. The molecule has 1 aromatic carbocycles. The van der Waals surface area contributed by atoms with Gasteiger partial charge in [0.25, 0.3) is 0 Å². The van der Waals surface area contributed by atoms with Crippen molar-refractivity contribution in [2.24, 2.45) is 4.99 Å². The summed E-state index contributed by atoms with van der Waals surface area (Å²) < 4.78 is 6.00. The van der Waals surface area contributed by atoms with Gasteiger partial charge in [0.05, 0.1) is 12.7 Å². The molecule has 3 rings (SSSR count). The molecule has 1 fully saturated rings. The van der Waals surface area contributed by atoms with Gasteiger partial charge in [-0.15, -0.1) is 24.0 Å². The molecule has 1 aliphatic carbocycles. The Balaban J connectivity index is 0.00000320. The molecule has 1 amide bonds. The summed E-state index contributed by atoms with van der Waals surface area (Å²) in [5, 5.41) is 6.59. The first-order valence-electron chi connectivity index (χ1n) is 11.2. The number of fused-ring (bicyclic) bond motifs is 1. The maximum atomic E-state index is 12.4. The van der Waals surface area contributed by atoms with Crippen LogP contribution in [0.15, 0.2) is 29.3 Å². The molecule has 0 spiro atoms. The summed E-state index contributed by atoms with van der Waals surface area (Å²) in [7, 11) is 1.77. The van der Waals surface area contributed by atoms with Crippen molar-refractivity contribution >= 4 is 35.8 Å². The van der Waals surface area contributed by atoms with Gasteiger partial charge in [-0.2, -0.15) is 0 Å². The average Bonchev–Trinajstić information content (AvgIpc) is 3.01. The Morgan fingerprint density at radius 1 is 1.07 bits per heavy atom. The van der Waals surface area contributed by atoms with Crippen molar-refractivity contribution in [3.8, 4) is 0 Å². The molecule has 2 aliphatic rings. The van der Waals surface area contributed by atoms with Crippen LogP contribution < -0.4 is 10.6 Å². The molecule has 168 valence electrons. The predicted octanol–water partition coefficient (Wildman–Crippen LogP) is 3.83. The Morgan fingerprint density at radius 2 is 1.70 bits per heavy atom. The highest BCUT2D eigenvalue weighted by Crippen LogP contribution is 2.23. The van der Waals surface area contributed by atoms with Crippen LogP contribution in [0.25, 0.3) is 0 Å². The largest absolute Gasteiger partial charge is 0.376 e. The van der Waals surface area contributed by atoms with Gasteiger partial charge < -0.3 is 20.3 Å². The molecule has 2 N–H and O–H groups in total. The van der Waals surface area contributed by atoms with Crippen LogP contribution in [0.4, 0.5) is 0 Å². The van der Waals surface area contributed by atoms with Crippen molar-refractivity contribution < 1.29 is 9.53 Å². The first-order chi connectivity index (χ1) is 14.3. The third-order valence-corrected chi connectivity index (χ3v) is 5.83. The van der Waals surface area contributed by atoms with Gasteiger partial charge in [0.15, 0.2) is 5.96 Å². The fraction of sp³-hybridized carbons (Fsp3) is 0.652. The van der Waals surface area contributed by atoms with Gasteiger partial charge in [0.1, 0.15) is 0 Å². The normalized spacial score (nSPS) is 17.1.